The third-order valence-corrected chi connectivity index (χ3v) is 3.70. The van der Waals surface area contributed by atoms with E-state index in [-0.39, 0.29) is 0 Å². The van der Waals surface area contributed by atoms with Gasteiger partial charge in [-0.15, -0.1) is 0 Å². The summed E-state index contributed by atoms with van der Waals surface area (Å²) >= 11 is 3.47. The lowest BCUT2D eigenvalue weighted by Gasteiger charge is -2.09. The van der Waals surface area contributed by atoms with Crippen molar-refractivity contribution in [2.75, 3.05) is 13.7 Å². The Hall–Kier alpha value is -1.33. The minimum absolute atomic E-state index is 0.577. The zero-order valence-corrected chi connectivity index (χ0v) is 11.9. The van der Waals surface area contributed by atoms with E-state index in [1.807, 2.05) is 23.6 Å². The molecule has 2 aromatic rings. The van der Waals surface area contributed by atoms with E-state index in [1.165, 1.54) is 0 Å². The fourth-order valence-electron chi connectivity index (χ4n) is 1.97. The summed E-state index contributed by atoms with van der Waals surface area (Å²) in [7, 11) is 1.65. The first kappa shape index (κ1) is 13.1. The predicted octanol–water partition coefficient (Wildman–Crippen LogP) is 3.28. The maximum absolute atomic E-state index is 11.2. The Morgan fingerprint density at radius 3 is 2.89 bits per heavy atom. The van der Waals surface area contributed by atoms with Crippen molar-refractivity contribution < 1.29 is 13.9 Å². The molecule has 2 aromatic heterocycles. The molecule has 0 aliphatic heterocycles. The smallest absolute Gasteiger partial charge is 0.153 e. The summed E-state index contributed by atoms with van der Waals surface area (Å²) in [5, 5.41) is 0. The second kappa shape index (κ2) is 5.54. The molecule has 0 fully saturated rings. The SMILES string of the molecule is COCCn1c(C)c(C=O)c(Br)c1-c1ccco1. The zero-order valence-electron chi connectivity index (χ0n) is 10.3. The number of rotatable bonds is 5. The van der Waals surface area contributed by atoms with Crippen LogP contribution in [0.4, 0.5) is 0 Å². The molecule has 0 saturated carbocycles. The van der Waals surface area contributed by atoms with Gasteiger partial charge in [0.15, 0.2) is 12.0 Å². The number of nitrogens with zero attached hydrogens (tertiary/aromatic N) is 1. The summed E-state index contributed by atoms with van der Waals surface area (Å²) in [6.07, 6.45) is 2.47. The lowest BCUT2D eigenvalue weighted by atomic mass is 10.2. The van der Waals surface area contributed by atoms with Crippen LogP contribution < -0.4 is 0 Å². The van der Waals surface area contributed by atoms with Gasteiger partial charge in [-0.05, 0) is 35.0 Å². The number of carbonyl (C=O) groups excluding carboxylic acids is 1. The van der Waals surface area contributed by atoms with Crippen LogP contribution in [0.3, 0.4) is 0 Å². The van der Waals surface area contributed by atoms with Gasteiger partial charge in [-0.1, -0.05) is 0 Å². The molecular formula is C13H14BrNO3. The quantitative estimate of drug-likeness (QED) is 0.796. The van der Waals surface area contributed by atoms with Gasteiger partial charge in [0, 0.05) is 24.9 Å². The summed E-state index contributed by atoms with van der Waals surface area (Å²) in [4.78, 5) is 11.2. The largest absolute Gasteiger partial charge is 0.463 e. The Labute approximate surface area is 114 Å². The molecule has 96 valence electrons. The molecule has 2 rings (SSSR count). The van der Waals surface area contributed by atoms with Crippen molar-refractivity contribution in [2.24, 2.45) is 0 Å². The molecule has 2 heterocycles. The minimum atomic E-state index is 0.577. The third-order valence-electron chi connectivity index (χ3n) is 2.90. The van der Waals surface area contributed by atoms with E-state index in [1.54, 1.807) is 13.4 Å². The van der Waals surface area contributed by atoms with Gasteiger partial charge in [0.05, 0.1) is 23.0 Å². The average molecular weight is 312 g/mol. The van der Waals surface area contributed by atoms with Crippen LogP contribution in [0.2, 0.25) is 0 Å². The second-order valence-electron chi connectivity index (χ2n) is 3.90. The third kappa shape index (κ3) is 2.15. The topological polar surface area (TPSA) is 44.4 Å². The van der Waals surface area contributed by atoms with Gasteiger partial charge in [0.25, 0.3) is 0 Å². The van der Waals surface area contributed by atoms with Crippen LogP contribution in [0.1, 0.15) is 16.1 Å². The first-order chi connectivity index (χ1) is 8.70. The maximum Gasteiger partial charge on any atom is 0.153 e. The molecule has 0 N–H and O–H groups in total. The van der Waals surface area contributed by atoms with E-state index in [0.717, 1.165) is 27.9 Å². The van der Waals surface area contributed by atoms with Crippen LogP contribution in [0, 0.1) is 6.92 Å². The molecule has 0 aromatic carbocycles. The highest BCUT2D eigenvalue weighted by Crippen LogP contribution is 2.35. The van der Waals surface area contributed by atoms with Crippen molar-refractivity contribution in [3.63, 3.8) is 0 Å². The summed E-state index contributed by atoms with van der Waals surface area (Å²) < 4.78 is 13.3. The second-order valence-corrected chi connectivity index (χ2v) is 4.69. The Morgan fingerprint density at radius 1 is 1.56 bits per heavy atom. The molecule has 4 nitrogen and oxygen atoms in total. The van der Waals surface area contributed by atoms with Gasteiger partial charge in [0.2, 0.25) is 0 Å². The van der Waals surface area contributed by atoms with Crippen molar-refractivity contribution in [1.82, 2.24) is 4.57 Å². The number of hydrogen-bond acceptors (Lipinski definition) is 3. The van der Waals surface area contributed by atoms with Crippen molar-refractivity contribution in [3.05, 3.63) is 34.1 Å². The number of carbonyl (C=O) groups is 1. The standard InChI is InChI=1S/C13H14BrNO3/c1-9-10(8-16)12(14)13(11-4-3-6-18-11)15(9)5-7-17-2/h3-4,6,8H,5,7H2,1-2H3. The lowest BCUT2D eigenvalue weighted by molar-refractivity contribution is 0.112. The maximum atomic E-state index is 11.2. The molecule has 0 amide bonds. The highest BCUT2D eigenvalue weighted by atomic mass is 79.9. The van der Waals surface area contributed by atoms with E-state index in [9.17, 15) is 4.79 Å². The number of aromatic nitrogens is 1. The van der Waals surface area contributed by atoms with Crippen LogP contribution in [0.25, 0.3) is 11.5 Å². The molecular weight excluding hydrogens is 298 g/mol. The number of halogens is 1. The molecule has 0 bridgehead atoms. The highest BCUT2D eigenvalue weighted by molar-refractivity contribution is 9.10. The van der Waals surface area contributed by atoms with Gasteiger partial charge in [-0.25, -0.2) is 0 Å². The summed E-state index contributed by atoms with van der Waals surface area (Å²) in [6.45, 7) is 3.16. The fourth-order valence-corrected chi connectivity index (χ4v) is 2.76. The Morgan fingerprint density at radius 2 is 2.33 bits per heavy atom. The van der Waals surface area contributed by atoms with Gasteiger partial charge >= 0.3 is 0 Å². The molecule has 0 unspecified atom stereocenters. The lowest BCUT2D eigenvalue weighted by Crippen LogP contribution is -2.07. The molecule has 0 radical (unpaired) electrons. The molecule has 0 saturated heterocycles. The van der Waals surface area contributed by atoms with Crippen LogP contribution in [-0.2, 0) is 11.3 Å². The molecule has 18 heavy (non-hydrogen) atoms. The van der Waals surface area contributed by atoms with Gasteiger partial charge in [0.1, 0.15) is 0 Å². The van der Waals surface area contributed by atoms with E-state index in [4.69, 9.17) is 9.15 Å². The Balaban J connectivity index is 2.58. The van der Waals surface area contributed by atoms with Crippen molar-refractivity contribution in [3.8, 4) is 11.5 Å². The number of ether oxygens (including phenoxy) is 1. The predicted molar refractivity (Wildman–Crippen MR) is 71.8 cm³/mol. The van der Waals surface area contributed by atoms with Crippen LogP contribution in [0.5, 0.6) is 0 Å². The van der Waals surface area contributed by atoms with E-state index < -0.39 is 0 Å². The van der Waals surface area contributed by atoms with Gasteiger partial charge in [-0.2, -0.15) is 0 Å². The monoisotopic (exact) mass is 311 g/mol. The molecule has 0 atom stereocenters. The van der Waals surface area contributed by atoms with Gasteiger partial charge < -0.3 is 13.7 Å². The van der Waals surface area contributed by atoms with E-state index >= 15 is 0 Å². The normalized spacial score (nSPS) is 10.8. The molecule has 0 aliphatic rings. The fraction of sp³-hybridized carbons (Fsp3) is 0.308. The van der Waals surface area contributed by atoms with Crippen molar-refractivity contribution in [1.29, 1.82) is 0 Å². The highest BCUT2D eigenvalue weighted by Gasteiger charge is 2.20. The average Bonchev–Trinajstić information content (AvgIpc) is 2.94. The van der Waals surface area contributed by atoms with E-state index in [0.29, 0.717) is 18.7 Å². The number of hydrogen-bond donors (Lipinski definition) is 0. The minimum Gasteiger partial charge on any atom is -0.463 e. The summed E-state index contributed by atoms with van der Waals surface area (Å²) in [6, 6.07) is 3.70. The molecule has 5 heteroatoms. The van der Waals surface area contributed by atoms with Gasteiger partial charge in [-0.3, -0.25) is 4.79 Å². The van der Waals surface area contributed by atoms with Crippen LogP contribution in [0.15, 0.2) is 27.3 Å². The van der Waals surface area contributed by atoms with Crippen LogP contribution in [-0.4, -0.2) is 24.6 Å². The molecule has 0 spiro atoms. The summed E-state index contributed by atoms with van der Waals surface area (Å²) in [5.41, 5.74) is 2.43. The number of furan rings is 1. The summed E-state index contributed by atoms with van der Waals surface area (Å²) in [5.74, 6) is 0.731. The zero-order chi connectivity index (χ0) is 13.1. The van der Waals surface area contributed by atoms with Crippen molar-refractivity contribution in [2.45, 2.75) is 13.5 Å². The number of methoxy groups -OCH3 is 1. The Bertz CT molecular complexity index is 543. The Kier molecular flexibility index (Phi) is 4.04. The number of aldehydes is 1. The molecule has 0 aliphatic carbocycles. The van der Waals surface area contributed by atoms with E-state index in [2.05, 4.69) is 15.9 Å². The first-order valence-electron chi connectivity index (χ1n) is 5.57. The first-order valence-corrected chi connectivity index (χ1v) is 6.36. The van der Waals surface area contributed by atoms with Crippen LogP contribution >= 0.6 is 15.9 Å². The van der Waals surface area contributed by atoms with Crippen molar-refractivity contribution >= 4 is 22.2 Å².